The van der Waals surface area contributed by atoms with Gasteiger partial charge in [-0.3, -0.25) is 4.79 Å². The minimum atomic E-state index is -0.578. The molecule has 0 unspecified atom stereocenters. The predicted molar refractivity (Wildman–Crippen MR) is 68.4 cm³/mol. The van der Waals surface area contributed by atoms with Gasteiger partial charge in [0.15, 0.2) is 0 Å². The normalized spacial score (nSPS) is 12.7. The summed E-state index contributed by atoms with van der Waals surface area (Å²) in [5.74, 6) is 0.00847. The first kappa shape index (κ1) is 16.6. The van der Waals surface area contributed by atoms with Gasteiger partial charge in [0, 0.05) is 18.9 Å². The van der Waals surface area contributed by atoms with E-state index in [2.05, 4.69) is 5.32 Å². The third-order valence-corrected chi connectivity index (χ3v) is 2.10. The van der Waals surface area contributed by atoms with E-state index in [4.69, 9.17) is 4.74 Å². The Morgan fingerprint density at radius 2 is 1.67 bits per heavy atom. The van der Waals surface area contributed by atoms with E-state index in [1.54, 1.807) is 20.8 Å². The van der Waals surface area contributed by atoms with E-state index in [1.807, 2.05) is 0 Å². The summed E-state index contributed by atoms with van der Waals surface area (Å²) in [5.41, 5.74) is -0.578. The lowest BCUT2D eigenvalue weighted by Gasteiger charge is -2.23. The minimum absolute atomic E-state index is 0.0281. The molecule has 1 N–H and O–H groups in total. The number of ether oxygens (including phenoxy) is 1. The Bertz CT molecular complexity index is 317. The van der Waals surface area contributed by atoms with Crippen molar-refractivity contribution >= 4 is 17.7 Å². The lowest BCUT2D eigenvalue weighted by Crippen LogP contribution is -2.40. The van der Waals surface area contributed by atoms with Gasteiger partial charge in [-0.1, -0.05) is 0 Å². The Morgan fingerprint density at radius 1 is 1.11 bits per heavy atom. The van der Waals surface area contributed by atoms with E-state index in [-0.39, 0.29) is 24.0 Å². The van der Waals surface area contributed by atoms with Crippen molar-refractivity contribution in [2.75, 3.05) is 0 Å². The largest absolute Gasteiger partial charge is 0.444 e. The summed E-state index contributed by atoms with van der Waals surface area (Å²) >= 11 is 0. The monoisotopic (exact) mass is 257 g/mol. The molecule has 5 nitrogen and oxygen atoms in total. The molecule has 0 aliphatic heterocycles. The first-order valence-corrected chi connectivity index (χ1v) is 6.08. The van der Waals surface area contributed by atoms with Crippen molar-refractivity contribution in [3.8, 4) is 0 Å². The highest BCUT2D eigenvalue weighted by molar-refractivity contribution is 5.78. The smallest absolute Gasteiger partial charge is 0.407 e. The maximum absolute atomic E-state index is 11.6. The zero-order valence-electron chi connectivity index (χ0n) is 11.8. The molecule has 1 atom stereocenters. The van der Waals surface area contributed by atoms with Crippen LogP contribution in [0.3, 0.4) is 0 Å². The summed E-state index contributed by atoms with van der Waals surface area (Å²) in [6.45, 7) is 8.24. The number of Topliss-reactive ketones (excluding diaryl/α,β-unsaturated/α-hetero) is 2. The number of amides is 1. The van der Waals surface area contributed by atoms with Gasteiger partial charge >= 0.3 is 6.09 Å². The summed E-state index contributed by atoms with van der Waals surface area (Å²) in [7, 11) is 0. The number of carbonyl (C=O) groups is 3. The number of alkyl carbamates (subject to hydrolysis) is 1. The average molecular weight is 257 g/mol. The fourth-order valence-corrected chi connectivity index (χ4v) is 1.42. The van der Waals surface area contributed by atoms with Crippen LogP contribution in [0.25, 0.3) is 0 Å². The molecule has 0 radical (unpaired) electrons. The molecule has 0 rings (SSSR count). The van der Waals surface area contributed by atoms with Crippen LogP contribution in [0.2, 0.25) is 0 Å². The molecular formula is C13H23NO4. The van der Waals surface area contributed by atoms with Crippen LogP contribution in [0.1, 0.15) is 53.9 Å². The van der Waals surface area contributed by atoms with Gasteiger partial charge in [-0.25, -0.2) is 4.79 Å². The standard InChI is InChI=1S/C13H23NO4/c1-9(15)6-7-11(8-10(2)16)14-12(17)18-13(3,4)5/h11H,6-8H2,1-5H3,(H,14,17)/t11-/m1/s1. The maximum atomic E-state index is 11.6. The predicted octanol–water partition coefficient (Wildman–Crippen LogP) is 2.23. The van der Waals surface area contributed by atoms with Crippen molar-refractivity contribution in [2.45, 2.75) is 65.5 Å². The van der Waals surface area contributed by atoms with Crippen LogP contribution >= 0.6 is 0 Å². The first-order valence-electron chi connectivity index (χ1n) is 6.08. The molecule has 0 aliphatic carbocycles. The third kappa shape index (κ3) is 9.81. The molecular weight excluding hydrogens is 234 g/mol. The van der Waals surface area contributed by atoms with Gasteiger partial charge in [0.25, 0.3) is 0 Å². The van der Waals surface area contributed by atoms with E-state index in [1.165, 1.54) is 13.8 Å². The highest BCUT2D eigenvalue weighted by Crippen LogP contribution is 2.09. The molecule has 0 aromatic heterocycles. The van der Waals surface area contributed by atoms with Crippen LogP contribution in [-0.2, 0) is 14.3 Å². The molecule has 0 saturated carbocycles. The second-order valence-electron chi connectivity index (χ2n) is 5.49. The molecule has 104 valence electrons. The fraction of sp³-hybridized carbons (Fsp3) is 0.769. The van der Waals surface area contributed by atoms with Crippen LogP contribution in [0.15, 0.2) is 0 Å². The summed E-state index contributed by atoms with van der Waals surface area (Å²) in [5, 5.41) is 2.63. The van der Waals surface area contributed by atoms with Gasteiger partial charge in [0.1, 0.15) is 17.2 Å². The second-order valence-corrected chi connectivity index (χ2v) is 5.49. The SMILES string of the molecule is CC(=O)CC[C@H](CC(C)=O)NC(=O)OC(C)(C)C. The number of hydrogen-bond acceptors (Lipinski definition) is 4. The van der Waals surface area contributed by atoms with Gasteiger partial charge < -0.3 is 14.8 Å². The van der Waals surface area contributed by atoms with Crippen molar-refractivity contribution in [3.63, 3.8) is 0 Å². The molecule has 0 aromatic rings. The van der Waals surface area contributed by atoms with Gasteiger partial charge in [-0.05, 0) is 41.0 Å². The lowest BCUT2D eigenvalue weighted by atomic mass is 10.0. The van der Waals surface area contributed by atoms with E-state index < -0.39 is 11.7 Å². The van der Waals surface area contributed by atoms with Crippen LogP contribution in [0.5, 0.6) is 0 Å². The molecule has 5 heteroatoms. The summed E-state index contributed by atoms with van der Waals surface area (Å²) in [4.78, 5) is 33.6. The quantitative estimate of drug-likeness (QED) is 0.792. The molecule has 0 aromatic carbocycles. The fourth-order valence-electron chi connectivity index (χ4n) is 1.42. The van der Waals surface area contributed by atoms with Gasteiger partial charge in [0.2, 0.25) is 0 Å². The number of rotatable bonds is 6. The van der Waals surface area contributed by atoms with Crippen molar-refractivity contribution in [1.82, 2.24) is 5.32 Å². The van der Waals surface area contributed by atoms with Crippen molar-refractivity contribution in [3.05, 3.63) is 0 Å². The topological polar surface area (TPSA) is 72.5 Å². The number of hydrogen-bond donors (Lipinski definition) is 1. The first-order chi connectivity index (χ1) is 8.10. The van der Waals surface area contributed by atoms with Crippen LogP contribution < -0.4 is 5.32 Å². The Labute approximate surface area is 108 Å². The summed E-state index contributed by atoms with van der Waals surface area (Å²) in [6, 6.07) is -0.346. The molecule has 1 amide bonds. The highest BCUT2D eigenvalue weighted by atomic mass is 16.6. The Balaban J connectivity index is 4.34. The molecule has 0 fully saturated rings. The maximum Gasteiger partial charge on any atom is 0.407 e. The summed E-state index contributed by atoms with van der Waals surface area (Å²) < 4.78 is 5.11. The molecule has 0 bridgehead atoms. The molecule has 0 aliphatic rings. The van der Waals surface area contributed by atoms with Crippen molar-refractivity contribution in [1.29, 1.82) is 0 Å². The Morgan fingerprint density at radius 3 is 2.06 bits per heavy atom. The van der Waals surface area contributed by atoms with Crippen LogP contribution in [-0.4, -0.2) is 29.3 Å². The molecule has 0 heterocycles. The van der Waals surface area contributed by atoms with Crippen LogP contribution in [0, 0.1) is 0 Å². The van der Waals surface area contributed by atoms with Crippen LogP contribution in [0.4, 0.5) is 4.79 Å². The lowest BCUT2D eigenvalue weighted by molar-refractivity contribution is -0.119. The Hall–Kier alpha value is -1.39. The molecule has 18 heavy (non-hydrogen) atoms. The highest BCUT2D eigenvalue weighted by Gasteiger charge is 2.20. The third-order valence-electron chi connectivity index (χ3n) is 2.10. The number of ketones is 2. The average Bonchev–Trinajstić information content (AvgIpc) is 2.09. The second kappa shape index (κ2) is 7.13. The minimum Gasteiger partial charge on any atom is -0.444 e. The number of carbonyl (C=O) groups excluding carboxylic acids is 3. The van der Waals surface area contributed by atoms with E-state index >= 15 is 0 Å². The van der Waals surface area contributed by atoms with E-state index in [9.17, 15) is 14.4 Å². The van der Waals surface area contributed by atoms with E-state index in [0.717, 1.165) is 0 Å². The molecule has 0 saturated heterocycles. The van der Waals surface area contributed by atoms with Gasteiger partial charge in [-0.15, -0.1) is 0 Å². The van der Waals surface area contributed by atoms with Gasteiger partial charge in [0.05, 0.1) is 0 Å². The van der Waals surface area contributed by atoms with Gasteiger partial charge in [-0.2, -0.15) is 0 Å². The molecule has 0 spiro atoms. The van der Waals surface area contributed by atoms with Crippen molar-refractivity contribution < 1.29 is 19.1 Å². The Kier molecular flexibility index (Phi) is 6.58. The summed E-state index contributed by atoms with van der Waals surface area (Å²) in [6.07, 6.45) is 0.450. The van der Waals surface area contributed by atoms with E-state index in [0.29, 0.717) is 12.8 Å². The zero-order valence-corrected chi connectivity index (χ0v) is 11.8. The number of nitrogens with one attached hydrogen (secondary N) is 1. The van der Waals surface area contributed by atoms with Crippen molar-refractivity contribution in [2.24, 2.45) is 0 Å². The zero-order chi connectivity index (χ0) is 14.3.